The number of hydrogen-bond acceptors (Lipinski definition) is 7. The molecular formula is C25H29ClN4O3S3. The summed E-state index contributed by atoms with van der Waals surface area (Å²) in [5, 5.41) is 4.99. The second-order valence-corrected chi connectivity index (χ2v) is 13.9. The summed E-state index contributed by atoms with van der Waals surface area (Å²) in [6, 6.07) is 4.50. The lowest BCUT2D eigenvalue weighted by Gasteiger charge is -2.20. The predicted molar refractivity (Wildman–Crippen MR) is 147 cm³/mol. The molecule has 1 saturated heterocycles. The molecule has 36 heavy (non-hydrogen) atoms. The molecule has 0 spiro atoms. The maximum absolute atomic E-state index is 13.2. The van der Waals surface area contributed by atoms with Gasteiger partial charge in [0.15, 0.2) is 0 Å². The Bertz CT molecular complexity index is 1380. The molecule has 0 saturated carbocycles. The second-order valence-electron chi connectivity index (χ2n) is 9.51. The van der Waals surface area contributed by atoms with Crippen molar-refractivity contribution >= 4 is 66.5 Å². The van der Waals surface area contributed by atoms with Crippen molar-refractivity contribution < 1.29 is 13.2 Å². The molecule has 7 nitrogen and oxygen atoms in total. The standard InChI is InChI=1S/C25H29ClN4O3S3/c1-16-6-8-18-21(12-16)35-25-23(18)24(27-15-28-25)34-14-22(31)29-20-13-17(7-9-19(20)26)36(32,33)30-10-4-2-3-5-11-30/h7,9,13,15-16H,2-6,8,10-12,14H2,1H3,(H,29,31)/t16-/m1/s1. The van der Waals surface area contributed by atoms with Crippen LogP contribution in [0.2, 0.25) is 5.02 Å². The molecule has 2 aromatic heterocycles. The molecule has 192 valence electrons. The van der Waals surface area contributed by atoms with Crippen LogP contribution >= 0.6 is 34.7 Å². The van der Waals surface area contributed by atoms with Crippen molar-refractivity contribution in [3.8, 4) is 0 Å². The highest BCUT2D eigenvalue weighted by Crippen LogP contribution is 2.40. The summed E-state index contributed by atoms with van der Waals surface area (Å²) in [5.41, 5.74) is 1.62. The summed E-state index contributed by atoms with van der Waals surface area (Å²) < 4.78 is 27.9. The molecule has 3 heterocycles. The number of rotatable bonds is 6. The molecule has 1 aromatic carbocycles. The number of nitrogens with one attached hydrogen (secondary N) is 1. The van der Waals surface area contributed by atoms with Crippen LogP contribution in [0.25, 0.3) is 10.2 Å². The zero-order valence-electron chi connectivity index (χ0n) is 20.1. The van der Waals surface area contributed by atoms with Gasteiger partial charge < -0.3 is 5.32 Å². The zero-order valence-corrected chi connectivity index (χ0v) is 23.3. The molecule has 0 unspecified atom stereocenters. The van der Waals surface area contributed by atoms with E-state index >= 15 is 0 Å². The smallest absolute Gasteiger partial charge is 0.243 e. The minimum absolute atomic E-state index is 0.132. The molecule has 0 bridgehead atoms. The molecule has 5 rings (SSSR count). The maximum Gasteiger partial charge on any atom is 0.243 e. The molecule has 1 aliphatic heterocycles. The van der Waals surface area contributed by atoms with E-state index in [4.69, 9.17) is 11.6 Å². The van der Waals surface area contributed by atoms with Crippen molar-refractivity contribution in [2.24, 2.45) is 5.92 Å². The Morgan fingerprint density at radius 3 is 2.78 bits per heavy atom. The lowest BCUT2D eigenvalue weighted by Crippen LogP contribution is -2.32. The molecule has 11 heteroatoms. The number of carbonyl (C=O) groups is 1. The number of fused-ring (bicyclic) bond motifs is 3. The molecule has 2 aliphatic rings. The van der Waals surface area contributed by atoms with Crippen LogP contribution in [0.5, 0.6) is 0 Å². The highest BCUT2D eigenvalue weighted by Gasteiger charge is 2.26. The van der Waals surface area contributed by atoms with Gasteiger partial charge in [0.1, 0.15) is 16.2 Å². The van der Waals surface area contributed by atoms with Crippen molar-refractivity contribution in [1.29, 1.82) is 0 Å². The first kappa shape index (κ1) is 25.9. The van der Waals surface area contributed by atoms with Crippen LogP contribution < -0.4 is 5.32 Å². The van der Waals surface area contributed by atoms with E-state index in [1.807, 2.05) is 0 Å². The molecule has 3 aromatic rings. The van der Waals surface area contributed by atoms with E-state index < -0.39 is 10.0 Å². The number of benzene rings is 1. The third-order valence-electron chi connectivity index (χ3n) is 6.81. The van der Waals surface area contributed by atoms with Crippen LogP contribution in [0.3, 0.4) is 0 Å². The number of thiophene rings is 1. The first-order valence-corrected chi connectivity index (χ1v) is 15.9. The van der Waals surface area contributed by atoms with Crippen LogP contribution in [0.4, 0.5) is 5.69 Å². The van der Waals surface area contributed by atoms with Gasteiger partial charge in [-0.3, -0.25) is 4.79 Å². The Balaban J connectivity index is 1.30. The second kappa shape index (κ2) is 10.9. The van der Waals surface area contributed by atoms with Gasteiger partial charge in [-0.25, -0.2) is 18.4 Å². The van der Waals surface area contributed by atoms with Crippen molar-refractivity contribution in [3.05, 3.63) is 40.0 Å². The topological polar surface area (TPSA) is 92.3 Å². The van der Waals surface area contributed by atoms with Gasteiger partial charge in [0.05, 0.1) is 21.4 Å². The van der Waals surface area contributed by atoms with Crippen molar-refractivity contribution in [2.45, 2.75) is 61.8 Å². The Kier molecular flexibility index (Phi) is 7.88. The van der Waals surface area contributed by atoms with E-state index in [-0.39, 0.29) is 16.6 Å². The molecule has 1 aliphatic carbocycles. The molecular weight excluding hydrogens is 536 g/mol. The fraction of sp³-hybridized carbons (Fsp3) is 0.480. The van der Waals surface area contributed by atoms with Crippen LogP contribution in [0.15, 0.2) is 34.4 Å². The number of nitrogens with zero attached hydrogens (tertiary/aromatic N) is 3. The van der Waals surface area contributed by atoms with Gasteiger partial charge in [-0.2, -0.15) is 4.31 Å². The van der Waals surface area contributed by atoms with E-state index in [9.17, 15) is 13.2 Å². The molecule has 0 radical (unpaired) electrons. The highest BCUT2D eigenvalue weighted by molar-refractivity contribution is 8.00. The monoisotopic (exact) mass is 564 g/mol. The average molecular weight is 565 g/mol. The molecule has 1 atom stereocenters. The van der Waals surface area contributed by atoms with E-state index in [1.54, 1.807) is 17.7 Å². The van der Waals surface area contributed by atoms with Crippen LogP contribution in [0, 0.1) is 5.92 Å². The number of anilines is 1. The fourth-order valence-corrected chi connectivity index (χ4v) is 8.82. The number of amides is 1. The Labute approximate surface area is 225 Å². The number of carbonyl (C=O) groups excluding carboxylic acids is 1. The number of sulfonamides is 1. The number of thioether (sulfide) groups is 1. The summed E-state index contributed by atoms with van der Waals surface area (Å²) in [5.74, 6) is 0.534. The van der Waals surface area contributed by atoms with Crippen LogP contribution in [0.1, 0.15) is 49.5 Å². The molecule has 1 N–H and O–H groups in total. The minimum atomic E-state index is -3.64. The first-order valence-electron chi connectivity index (χ1n) is 12.3. The van der Waals surface area contributed by atoms with Crippen molar-refractivity contribution in [1.82, 2.24) is 14.3 Å². The summed E-state index contributed by atoms with van der Waals surface area (Å²) in [6.07, 6.45) is 8.57. The molecule has 1 amide bonds. The van der Waals surface area contributed by atoms with Gasteiger partial charge in [0.2, 0.25) is 15.9 Å². The van der Waals surface area contributed by atoms with Gasteiger partial charge in [-0.1, -0.05) is 43.1 Å². The van der Waals surface area contributed by atoms with Crippen LogP contribution in [-0.2, 0) is 27.7 Å². The summed E-state index contributed by atoms with van der Waals surface area (Å²) in [7, 11) is -3.64. The highest BCUT2D eigenvalue weighted by atomic mass is 35.5. The average Bonchev–Trinajstić information content (AvgIpc) is 3.02. The van der Waals surface area contributed by atoms with Gasteiger partial charge >= 0.3 is 0 Å². The SMILES string of the molecule is C[C@@H]1CCc2c(sc3ncnc(SCC(=O)Nc4cc(S(=O)(=O)N5CCCCCC5)ccc4Cl)c23)C1. The number of halogens is 1. The van der Waals surface area contributed by atoms with E-state index in [0.717, 1.165) is 60.2 Å². The summed E-state index contributed by atoms with van der Waals surface area (Å²) >= 11 is 9.42. The van der Waals surface area contributed by atoms with Crippen LogP contribution in [-0.4, -0.2) is 47.4 Å². The lowest BCUT2D eigenvalue weighted by atomic mass is 9.89. The Morgan fingerprint density at radius 2 is 2.00 bits per heavy atom. The predicted octanol–water partition coefficient (Wildman–Crippen LogP) is 5.77. The summed E-state index contributed by atoms with van der Waals surface area (Å²) in [6.45, 7) is 3.31. The molecule has 1 fully saturated rings. The fourth-order valence-electron chi connectivity index (χ4n) is 4.87. The third-order valence-corrected chi connectivity index (χ3v) is 11.2. The Hall–Kier alpha value is -1.72. The normalized spacial score (nSPS) is 19.1. The van der Waals surface area contributed by atoms with Gasteiger partial charge in [-0.15, -0.1) is 11.3 Å². The largest absolute Gasteiger partial charge is 0.324 e. The van der Waals surface area contributed by atoms with Gasteiger partial charge in [0, 0.05) is 23.4 Å². The number of aryl methyl sites for hydroxylation is 1. The Morgan fingerprint density at radius 1 is 1.22 bits per heavy atom. The van der Waals surface area contributed by atoms with Crippen molar-refractivity contribution in [2.75, 3.05) is 24.2 Å². The third kappa shape index (κ3) is 5.43. The zero-order chi connectivity index (χ0) is 25.3. The lowest BCUT2D eigenvalue weighted by molar-refractivity contribution is -0.113. The van der Waals surface area contributed by atoms with Crippen molar-refractivity contribution in [3.63, 3.8) is 0 Å². The first-order chi connectivity index (χ1) is 17.3. The maximum atomic E-state index is 13.2. The quantitative estimate of drug-likeness (QED) is 0.302. The number of aromatic nitrogens is 2. The van der Waals surface area contributed by atoms with E-state index in [1.165, 1.54) is 44.7 Å². The van der Waals surface area contributed by atoms with Gasteiger partial charge in [0.25, 0.3) is 0 Å². The van der Waals surface area contributed by atoms with Gasteiger partial charge in [-0.05, 0) is 61.8 Å². The van der Waals surface area contributed by atoms with E-state index in [0.29, 0.717) is 29.7 Å². The summed E-state index contributed by atoms with van der Waals surface area (Å²) in [4.78, 5) is 24.3. The van der Waals surface area contributed by atoms with E-state index in [2.05, 4.69) is 22.2 Å². The minimum Gasteiger partial charge on any atom is -0.324 e. The number of hydrogen-bond donors (Lipinski definition) is 1.